The van der Waals surface area contributed by atoms with Crippen LogP contribution in [0.3, 0.4) is 0 Å². The molecule has 1 saturated carbocycles. The zero-order chi connectivity index (χ0) is 16.2. The van der Waals surface area contributed by atoms with Gasteiger partial charge >= 0.3 is 0 Å². The highest BCUT2D eigenvalue weighted by Crippen LogP contribution is 2.22. The average molecular weight is 328 g/mol. The van der Waals surface area contributed by atoms with Gasteiger partial charge in [0, 0.05) is 22.9 Å². The quantitative estimate of drug-likeness (QED) is 0.924. The average Bonchev–Trinajstić information content (AvgIpc) is 3.00. The van der Waals surface area contributed by atoms with Gasteiger partial charge < -0.3 is 9.88 Å². The number of nitrogens with one attached hydrogen (secondary N) is 1. The third-order valence-electron chi connectivity index (χ3n) is 4.25. The lowest BCUT2D eigenvalue weighted by atomic mass is 9.95. The zero-order valence-corrected chi connectivity index (χ0v) is 13.5. The zero-order valence-electron chi connectivity index (χ0n) is 12.8. The Morgan fingerprint density at radius 3 is 2.74 bits per heavy atom. The van der Waals surface area contributed by atoms with Crippen LogP contribution < -0.4 is 5.32 Å². The van der Waals surface area contributed by atoms with E-state index in [0.29, 0.717) is 16.3 Å². The number of hydrogen-bond donors (Lipinski definition) is 1. The maximum Gasteiger partial charge on any atom is 0.269 e. The summed E-state index contributed by atoms with van der Waals surface area (Å²) in [6.07, 6.45) is 7.27. The first-order valence-electron chi connectivity index (χ1n) is 7.87. The monoisotopic (exact) mass is 327 g/mol. The van der Waals surface area contributed by atoms with Crippen LogP contribution >= 0.6 is 11.6 Å². The molecule has 0 aliphatic heterocycles. The van der Waals surface area contributed by atoms with E-state index in [0.717, 1.165) is 31.4 Å². The standard InChI is InChI=1S/C18H18ClN3O/c19-14-5-4-8-16(11-14)22-10-9-13(12-20)17(22)18(23)21-15-6-2-1-3-7-15/h4-5,8-11,15H,1-3,6-7H2,(H,21,23). The van der Waals surface area contributed by atoms with Crippen molar-refractivity contribution in [1.29, 1.82) is 5.26 Å². The molecule has 1 amide bonds. The molecule has 3 rings (SSSR count). The van der Waals surface area contributed by atoms with E-state index in [9.17, 15) is 10.1 Å². The van der Waals surface area contributed by atoms with Crippen molar-refractivity contribution in [3.8, 4) is 11.8 Å². The first-order valence-corrected chi connectivity index (χ1v) is 8.25. The molecular weight excluding hydrogens is 310 g/mol. The summed E-state index contributed by atoms with van der Waals surface area (Å²) in [5, 5.41) is 13.0. The van der Waals surface area contributed by atoms with Crippen LogP contribution in [0.25, 0.3) is 5.69 Å². The molecule has 1 fully saturated rings. The van der Waals surface area contributed by atoms with E-state index in [1.807, 2.05) is 12.1 Å². The van der Waals surface area contributed by atoms with Gasteiger partial charge in [0.05, 0.1) is 5.56 Å². The van der Waals surface area contributed by atoms with Crippen molar-refractivity contribution in [3.05, 3.63) is 52.8 Å². The molecule has 0 bridgehead atoms. The number of aromatic nitrogens is 1. The summed E-state index contributed by atoms with van der Waals surface area (Å²) in [5.41, 5.74) is 1.52. The lowest BCUT2D eigenvalue weighted by Gasteiger charge is -2.23. The minimum atomic E-state index is -0.196. The van der Waals surface area contributed by atoms with Gasteiger partial charge in [-0.2, -0.15) is 5.26 Å². The SMILES string of the molecule is N#Cc1ccn(-c2cccc(Cl)c2)c1C(=O)NC1CCCCC1. The number of nitrogens with zero attached hydrogens (tertiary/aromatic N) is 2. The highest BCUT2D eigenvalue weighted by atomic mass is 35.5. The molecule has 0 radical (unpaired) electrons. The maximum atomic E-state index is 12.7. The Morgan fingerprint density at radius 2 is 2.04 bits per heavy atom. The Bertz CT molecular complexity index is 754. The van der Waals surface area contributed by atoms with Gasteiger partial charge in [-0.15, -0.1) is 0 Å². The van der Waals surface area contributed by atoms with Gasteiger partial charge in [0.1, 0.15) is 11.8 Å². The number of carbonyl (C=O) groups excluding carboxylic acids is 1. The van der Waals surface area contributed by atoms with Gasteiger partial charge in [0.25, 0.3) is 5.91 Å². The third kappa shape index (κ3) is 3.40. The highest BCUT2D eigenvalue weighted by molar-refractivity contribution is 6.30. The number of carbonyl (C=O) groups is 1. The second-order valence-corrected chi connectivity index (χ2v) is 6.28. The lowest BCUT2D eigenvalue weighted by Crippen LogP contribution is -2.37. The van der Waals surface area contributed by atoms with Crippen LogP contribution in [0, 0.1) is 11.3 Å². The van der Waals surface area contributed by atoms with E-state index >= 15 is 0 Å². The summed E-state index contributed by atoms with van der Waals surface area (Å²) in [7, 11) is 0. The van der Waals surface area contributed by atoms with Gasteiger partial charge in [-0.25, -0.2) is 0 Å². The molecule has 0 atom stereocenters. The molecule has 1 aliphatic rings. The van der Waals surface area contributed by atoms with E-state index in [1.54, 1.807) is 29.0 Å². The van der Waals surface area contributed by atoms with E-state index in [-0.39, 0.29) is 11.9 Å². The normalized spacial score (nSPS) is 15.1. The van der Waals surface area contributed by atoms with E-state index in [1.165, 1.54) is 6.42 Å². The third-order valence-corrected chi connectivity index (χ3v) is 4.48. The largest absolute Gasteiger partial charge is 0.348 e. The lowest BCUT2D eigenvalue weighted by molar-refractivity contribution is 0.0920. The summed E-state index contributed by atoms with van der Waals surface area (Å²) < 4.78 is 1.72. The summed E-state index contributed by atoms with van der Waals surface area (Å²) in [4.78, 5) is 12.7. The fourth-order valence-electron chi connectivity index (χ4n) is 3.10. The number of amides is 1. The molecule has 5 heteroatoms. The smallest absolute Gasteiger partial charge is 0.269 e. The molecule has 118 valence electrons. The number of benzene rings is 1. The van der Waals surface area contributed by atoms with Gasteiger partial charge in [0.15, 0.2) is 0 Å². The van der Waals surface area contributed by atoms with Crippen molar-refractivity contribution in [3.63, 3.8) is 0 Å². The first-order chi connectivity index (χ1) is 11.2. The molecule has 0 unspecified atom stereocenters. The van der Waals surface area contributed by atoms with Crippen LogP contribution in [-0.4, -0.2) is 16.5 Å². The van der Waals surface area contributed by atoms with Crippen molar-refractivity contribution < 1.29 is 4.79 Å². The van der Waals surface area contributed by atoms with Gasteiger partial charge in [0.2, 0.25) is 0 Å². The Balaban J connectivity index is 1.92. The number of nitriles is 1. The van der Waals surface area contributed by atoms with Crippen molar-refractivity contribution in [2.24, 2.45) is 0 Å². The second kappa shape index (κ2) is 6.89. The Labute approximate surface area is 140 Å². The van der Waals surface area contributed by atoms with Crippen molar-refractivity contribution >= 4 is 17.5 Å². The second-order valence-electron chi connectivity index (χ2n) is 5.85. The maximum absolute atomic E-state index is 12.7. The van der Waals surface area contributed by atoms with Crippen molar-refractivity contribution in [2.75, 3.05) is 0 Å². The Hall–Kier alpha value is -2.25. The summed E-state index contributed by atoms with van der Waals surface area (Å²) in [6, 6.07) is 11.2. The molecule has 1 N–H and O–H groups in total. The van der Waals surface area contributed by atoms with Gasteiger partial charge in [-0.05, 0) is 37.1 Å². The molecule has 1 aliphatic carbocycles. The molecule has 2 aromatic rings. The Kier molecular flexibility index (Phi) is 4.68. The van der Waals surface area contributed by atoms with E-state index in [2.05, 4.69) is 11.4 Å². The summed E-state index contributed by atoms with van der Waals surface area (Å²) >= 11 is 6.04. The molecular formula is C18H18ClN3O. The number of hydrogen-bond acceptors (Lipinski definition) is 2. The molecule has 0 spiro atoms. The molecule has 4 nitrogen and oxygen atoms in total. The Morgan fingerprint density at radius 1 is 1.26 bits per heavy atom. The van der Waals surface area contributed by atoms with Crippen LogP contribution in [0.2, 0.25) is 5.02 Å². The number of halogens is 1. The molecule has 0 saturated heterocycles. The highest BCUT2D eigenvalue weighted by Gasteiger charge is 2.22. The van der Waals surface area contributed by atoms with Crippen LogP contribution in [0.5, 0.6) is 0 Å². The summed E-state index contributed by atoms with van der Waals surface area (Å²) in [5.74, 6) is -0.196. The van der Waals surface area contributed by atoms with Crippen LogP contribution in [0.1, 0.15) is 48.2 Å². The van der Waals surface area contributed by atoms with Crippen LogP contribution in [0.15, 0.2) is 36.5 Å². The van der Waals surface area contributed by atoms with Crippen LogP contribution in [0.4, 0.5) is 0 Å². The fourth-order valence-corrected chi connectivity index (χ4v) is 3.28. The van der Waals surface area contributed by atoms with Gasteiger partial charge in [-0.1, -0.05) is 36.9 Å². The van der Waals surface area contributed by atoms with E-state index in [4.69, 9.17) is 11.6 Å². The minimum absolute atomic E-state index is 0.196. The topological polar surface area (TPSA) is 57.8 Å². The first kappa shape index (κ1) is 15.6. The number of rotatable bonds is 3. The van der Waals surface area contributed by atoms with Crippen molar-refractivity contribution in [2.45, 2.75) is 38.1 Å². The molecule has 1 aromatic carbocycles. The van der Waals surface area contributed by atoms with Crippen LogP contribution in [-0.2, 0) is 0 Å². The van der Waals surface area contributed by atoms with Crippen molar-refractivity contribution in [1.82, 2.24) is 9.88 Å². The van der Waals surface area contributed by atoms with E-state index < -0.39 is 0 Å². The minimum Gasteiger partial charge on any atom is -0.348 e. The fraction of sp³-hybridized carbons (Fsp3) is 0.333. The molecule has 1 heterocycles. The molecule has 23 heavy (non-hydrogen) atoms. The summed E-state index contributed by atoms with van der Waals surface area (Å²) in [6.45, 7) is 0. The molecule has 1 aromatic heterocycles. The predicted octanol–water partition coefficient (Wildman–Crippen LogP) is 4.06. The predicted molar refractivity (Wildman–Crippen MR) is 89.8 cm³/mol. The van der Waals surface area contributed by atoms with Gasteiger partial charge in [-0.3, -0.25) is 4.79 Å².